The van der Waals surface area contributed by atoms with Crippen LogP contribution in [-0.2, 0) is 11.3 Å². The SMILES string of the molecule is CCCOCCCn1c(=O)[nH]c2c(C(=O)O)cccc21. The fourth-order valence-corrected chi connectivity index (χ4v) is 2.15. The van der Waals surface area contributed by atoms with Crippen molar-refractivity contribution < 1.29 is 14.6 Å². The van der Waals surface area contributed by atoms with Gasteiger partial charge in [0.2, 0.25) is 0 Å². The summed E-state index contributed by atoms with van der Waals surface area (Å²) in [5.74, 6) is -1.05. The van der Waals surface area contributed by atoms with Gasteiger partial charge in [0.15, 0.2) is 0 Å². The van der Waals surface area contributed by atoms with Gasteiger partial charge in [-0.05, 0) is 25.0 Å². The van der Waals surface area contributed by atoms with E-state index in [1.165, 1.54) is 6.07 Å². The number of benzene rings is 1. The number of imidazole rings is 1. The van der Waals surface area contributed by atoms with Gasteiger partial charge in [0.1, 0.15) is 0 Å². The number of aromatic amines is 1. The highest BCUT2D eigenvalue weighted by atomic mass is 16.5. The van der Waals surface area contributed by atoms with Crippen molar-refractivity contribution in [3.05, 3.63) is 34.2 Å². The molecule has 0 saturated heterocycles. The Morgan fingerprint density at radius 3 is 2.90 bits per heavy atom. The summed E-state index contributed by atoms with van der Waals surface area (Å²) >= 11 is 0. The molecule has 0 saturated carbocycles. The van der Waals surface area contributed by atoms with Crippen LogP contribution in [0, 0.1) is 0 Å². The molecule has 1 aromatic carbocycles. The van der Waals surface area contributed by atoms with Crippen molar-refractivity contribution in [1.82, 2.24) is 9.55 Å². The zero-order chi connectivity index (χ0) is 14.5. The Kier molecular flexibility index (Phi) is 4.57. The second-order valence-electron chi connectivity index (χ2n) is 4.55. The Morgan fingerprint density at radius 2 is 2.20 bits per heavy atom. The number of carboxylic acids is 1. The second kappa shape index (κ2) is 6.38. The zero-order valence-corrected chi connectivity index (χ0v) is 11.4. The molecule has 0 amide bonds. The van der Waals surface area contributed by atoms with Crippen LogP contribution in [0.25, 0.3) is 11.0 Å². The highest BCUT2D eigenvalue weighted by molar-refractivity contribution is 6.00. The quantitative estimate of drug-likeness (QED) is 0.757. The summed E-state index contributed by atoms with van der Waals surface area (Å²) in [7, 11) is 0. The molecule has 1 aromatic heterocycles. The van der Waals surface area contributed by atoms with E-state index in [0.717, 1.165) is 6.42 Å². The molecule has 2 N–H and O–H groups in total. The molecule has 6 heteroatoms. The van der Waals surface area contributed by atoms with E-state index in [0.29, 0.717) is 37.2 Å². The third-order valence-electron chi connectivity index (χ3n) is 3.06. The number of rotatable bonds is 7. The standard InChI is InChI=1S/C14H18N2O4/c1-2-8-20-9-4-7-16-11-6-3-5-10(13(17)18)12(11)15-14(16)19/h3,5-6H,2,4,7-9H2,1H3,(H,15,19)(H,17,18). The van der Waals surface area contributed by atoms with E-state index in [1.807, 2.05) is 6.92 Å². The van der Waals surface area contributed by atoms with Gasteiger partial charge in [0.05, 0.1) is 16.6 Å². The molecule has 108 valence electrons. The molecule has 0 aliphatic rings. The first kappa shape index (κ1) is 14.3. The molecule has 20 heavy (non-hydrogen) atoms. The maximum atomic E-state index is 11.9. The van der Waals surface area contributed by atoms with Crippen LogP contribution in [-0.4, -0.2) is 33.8 Å². The summed E-state index contributed by atoms with van der Waals surface area (Å²) in [4.78, 5) is 25.6. The Morgan fingerprint density at radius 1 is 1.40 bits per heavy atom. The van der Waals surface area contributed by atoms with Crippen LogP contribution in [0.2, 0.25) is 0 Å². The number of aryl methyl sites for hydroxylation is 1. The largest absolute Gasteiger partial charge is 0.478 e. The Balaban J connectivity index is 2.21. The maximum Gasteiger partial charge on any atom is 0.337 e. The number of aromatic nitrogens is 2. The van der Waals surface area contributed by atoms with E-state index >= 15 is 0 Å². The molecule has 1 heterocycles. The molecular formula is C14H18N2O4. The minimum Gasteiger partial charge on any atom is -0.478 e. The lowest BCUT2D eigenvalue weighted by Crippen LogP contribution is -2.17. The van der Waals surface area contributed by atoms with E-state index in [1.54, 1.807) is 16.7 Å². The van der Waals surface area contributed by atoms with E-state index < -0.39 is 5.97 Å². The first-order valence-electron chi connectivity index (χ1n) is 6.67. The van der Waals surface area contributed by atoms with Gasteiger partial charge in [-0.25, -0.2) is 9.59 Å². The van der Waals surface area contributed by atoms with Crippen molar-refractivity contribution in [2.75, 3.05) is 13.2 Å². The summed E-state index contributed by atoms with van der Waals surface area (Å²) in [6, 6.07) is 4.87. The molecule has 0 fully saturated rings. The summed E-state index contributed by atoms with van der Waals surface area (Å²) in [5, 5.41) is 9.10. The second-order valence-corrected chi connectivity index (χ2v) is 4.55. The Bertz CT molecular complexity index is 657. The zero-order valence-electron chi connectivity index (χ0n) is 11.4. The number of carbonyl (C=O) groups is 1. The fourth-order valence-electron chi connectivity index (χ4n) is 2.15. The molecule has 0 unspecified atom stereocenters. The van der Waals surface area contributed by atoms with Crippen LogP contribution in [0.3, 0.4) is 0 Å². The van der Waals surface area contributed by atoms with Crippen LogP contribution in [0.1, 0.15) is 30.1 Å². The number of nitrogens with one attached hydrogen (secondary N) is 1. The number of nitrogens with zero attached hydrogens (tertiary/aromatic N) is 1. The predicted molar refractivity (Wildman–Crippen MR) is 75.2 cm³/mol. The maximum absolute atomic E-state index is 11.9. The van der Waals surface area contributed by atoms with Crippen molar-refractivity contribution in [2.24, 2.45) is 0 Å². The number of aromatic carboxylic acids is 1. The lowest BCUT2D eigenvalue weighted by atomic mass is 10.2. The Labute approximate surface area is 116 Å². The number of ether oxygens (including phenoxy) is 1. The average molecular weight is 278 g/mol. The summed E-state index contributed by atoms with van der Waals surface area (Å²) in [6.45, 7) is 3.85. The van der Waals surface area contributed by atoms with Crippen molar-refractivity contribution in [2.45, 2.75) is 26.3 Å². The van der Waals surface area contributed by atoms with Gasteiger partial charge >= 0.3 is 11.7 Å². The first-order chi connectivity index (χ1) is 9.65. The lowest BCUT2D eigenvalue weighted by molar-refractivity contribution is 0.0699. The highest BCUT2D eigenvalue weighted by Gasteiger charge is 2.13. The van der Waals surface area contributed by atoms with Gasteiger partial charge in [0.25, 0.3) is 0 Å². The highest BCUT2D eigenvalue weighted by Crippen LogP contribution is 2.15. The van der Waals surface area contributed by atoms with Gasteiger partial charge in [0, 0.05) is 19.8 Å². The smallest absolute Gasteiger partial charge is 0.337 e. The van der Waals surface area contributed by atoms with Gasteiger partial charge in [-0.3, -0.25) is 4.57 Å². The van der Waals surface area contributed by atoms with E-state index in [-0.39, 0.29) is 11.3 Å². The van der Waals surface area contributed by atoms with Gasteiger partial charge in [-0.15, -0.1) is 0 Å². The summed E-state index contributed by atoms with van der Waals surface area (Å²) in [5.41, 5.74) is 0.814. The molecule has 2 rings (SSSR count). The molecule has 0 atom stereocenters. The van der Waals surface area contributed by atoms with Crippen molar-refractivity contribution >= 4 is 17.0 Å². The number of H-pyrrole nitrogens is 1. The van der Waals surface area contributed by atoms with Gasteiger partial charge in [-0.2, -0.15) is 0 Å². The molecule has 0 aliphatic carbocycles. The van der Waals surface area contributed by atoms with Crippen LogP contribution in [0.4, 0.5) is 0 Å². The lowest BCUT2D eigenvalue weighted by Gasteiger charge is -2.04. The predicted octanol–water partition coefficient (Wildman–Crippen LogP) is 1.84. The third-order valence-corrected chi connectivity index (χ3v) is 3.06. The van der Waals surface area contributed by atoms with Crippen LogP contribution >= 0.6 is 0 Å². The first-order valence-corrected chi connectivity index (χ1v) is 6.67. The molecule has 0 radical (unpaired) electrons. The minimum absolute atomic E-state index is 0.112. The van der Waals surface area contributed by atoms with E-state index in [4.69, 9.17) is 9.84 Å². The molecule has 0 aliphatic heterocycles. The number of carboxylic acid groups (broad SMARTS) is 1. The number of hydrogen-bond donors (Lipinski definition) is 2. The van der Waals surface area contributed by atoms with Crippen molar-refractivity contribution in [3.8, 4) is 0 Å². The third kappa shape index (κ3) is 2.91. The van der Waals surface area contributed by atoms with Crippen LogP contribution in [0.15, 0.2) is 23.0 Å². The molecule has 0 bridgehead atoms. The molecule has 6 nitrogen and oxygen atoms in total. The van der Waals surface area contributed by atoms with Gasteiger partial charge in [-0.1, -0.05) is 13.0 Å². The molecule has 0 spiro atoms. The molecular weight excluding hydrogens is 260 g/mol. The summed E-state index contributed by atoms with van der Waals surface area (Å²) < 4.78 is 6.93. The van der Waals surface area contributed by atoms with Gasteiger partial charge < -0.3 is 14.8 Å². The van der Waals surface area contributed by atoms with Crippen LogP contribution < -0.4 is 5.69 Å². The fraction of sp³-hybridized carbons (Fsp3) is 0.429. The van der Waals surface area contributed by atoms with E-state index in [2.05, 4.69) is 4.98 Å². The Hall–Kier alpha value is -2.08. The minimum atomic E-state index is -1.05. The topological polar surface area (TPSA) is 84.3 Å². The van der Waals surface area contributed by atoms with Crippen molar-refractivity contribution in [1.29, 1.82) is 0 Å². The number of fused-ring (bicyclic) bond motifs is 1. The molecule has 2 aromatic rings. The summed E-state index contributed by atoms with van der Waals surface area (Å²) in [6.07, 6.45) is 1.68. The number of para-hydroxylation sites is 1. The van der Waals surface area contributed by atoms with Crippen LogP contribution in [0.5, 0.6) is 0 Å². The normalized spacial score (nSPS) is 11.1. The number of hydrogen-bond acceptors (Lipinski definition) is 3. The monoisotopic (exact) mass is 278 g/mol. The average Bonchev–Trinajstić information content (AvgIpc) is 2.74. The van der Waals surface area contributed by atoms with E-state index in [9.17, 15) is 9.59 Å². The van der Waals surface area contributed by atoms with Crippen molar-refractivity contribution in [3.63, 3.8) is 0 Å².